The summed E-state index contributed by atoms with van der Waals surface area (Å²) in [5.74, 6) is 2.58. The summed E-state index contributed by atoms with van der Waals surface area (Å²) in [4.78, 5) is 2.69. The van der Waals surface area contributed by atoms with Crippen LogP contribution >= 0.6 is 11.8 Å². The van der Waals surface area contributed by atoms with Gasteiger partial charge in [-0.05, 0) is 19.8 Å². The summed E-state index contributed by atoms with van der Waals surface area (Å²) in [6.45, 7) is 12.3. The van der Waals surface area contributed by atoms with Gasteiger partial charge in [0.1, 0.15) is 0 Å². The smallest absolute Gasteiger partial charge is 0.0546 e. The molecule has 4 heteroatoms. The van der Waals surface area contributed by atoms with E-state index in [1.54, 1.807) is 0 Å². The Kier molecular flexibility index (Phi) is 6.00. The van der Waals surface area contributed by atoms with Crippen molar-refractivity contribution in [2.24, 2.45) is 5.41 Å². The Labute approximate surface area is 122 Å². The lowest BCUT2D eigenvalue weighted by Crippen LogP contribution is -2.53. The molecule has 2 fully saturated rings. The lowest BCUT2D eigenvalue weighted by molar-refractivity contribution is -0.0308. The van der Waals surface area contributed by atoms with E-state index in [0.717, 1.165) is 25.8 Å². The predicted octanol–water partition coefficient (Wildman–Crippen LogP) is 2.22. The molecule has 2 atom stereocenters. The highest BCUT2D eigenvalue weighted by Crippen LogP contribution is 2.31. The first-order valence-corrected chi connectivity index (χ1v) is 8.90. The molecule has 0 aromatic carbocycles. The Morgan fingerprint density at radius 2 is 2.32 bits per heavy atom. The second kappa shape index (κ2) is 7.30. The van der Waals surface area contributed by atoms with E-state index in [-0.39, 0.29) is 0 Å². The van der Waals surface area contributed by atoms with Gasteiger partial charge < -0.3 is 10.1 Å². The molecule has 3 nitrogen and oxygen atoms in total. The molecule has 2 saturated heterocycles. The van der Waals surface area contributed by atoms with Crippen molar-refractivity contribution in [1.29, 1.82) is 0 Å². The third kappa shape index (κ3) is 4.62. The van der Waals surface area contributed by atoms with E-state index in [2.05, 4.69) is 42.7 Å². The maximum atomic E-state index is 5.82. The van der Waals surface area contributed by atoms with Crippen molar-refractivity contribution in [2.75, 3.05) is 44.4 Å². The molecule has 2 unspecified atom stereocenters. The molecule has 2 rings (SSSR count). The molecule has 0 amide bonds. The average molecular weight is 286 g/mol. The topological polar surface area (TPSA) is 24.5 Å². The van der Waals surface area contributed by atoms with Crippen molar-refractivity contribution < 1.29 is 4.74 Å². The fraction of sp³-hybridized carbons (Fsp3) is 1.00. The third-order valence-electron chi connectivity index (χ3n) is 4.33. The molecule has 0 saturated carbocycles. The molecule has 0 aliphatic carbocycles. The average Bonchev–Trinajstić information content (AvgIpc) is 2.41. The minimum absolute atomic E-state index is 0.332. The highest BCUT2D eigenvalue weighted by molar-refractivity contribution is 7.99. The molecule has 2 aliphatic heterocycles. The minimum Gasteiger partial charge on any atom is -0.381 e. The zero-order chi connectivity index (χ0) is 13.7. The van der Waals surface area contributed by atoms with Gasteiger partial charge in [-0.2, -0.15) is 11.8 Å². The van der Waals surface area contributed by atoms with Gasteiger partial charge in [-0.15, -0.1) is 0 Å². The Hall–Kier alpha value is 0.230. The van der Waals surface area contributed by atoms with E-state index < -0.39 is 0 Å². The normalized spacial score (nSPS) is 33.8. The van der Waals surface area contributed by atoms with E-state index in [1.807, 2.05) is 0 Å². The third-order valence-corrected chi connectivity index (χ3v) is 5.52. The van der Waals surface area contributed by atoms with Crippen molar-refractivity contribution in [1.82, 2.24) is 10.2 Å². The van der Waals surface area contributed by atoms with Crippen molar-refractivity contribution in [3.05, 3.63) is 0 Å². The van der Waals surface area contributed by atoms with E-state index in [1.165, 1.54) is 37.4 Å². The molecule has 0 aromatic heterocycles. The first-order valence-electron chi connectivity index (χ1n) is 7.74. The van der Waals surface area contributed by atoms with E-state index in [9.17, 15) is 0 Å². The largest absolute Gasteiger partial charge is 0.381 e. The fourth-order valence-electron chi connectivity index (χ4n) is 3.08. The van der Waals surface area contributed by atoms with Gasteiger partial charge in [0.05, 0.1) is 6.61 Å². The van der Waals surface area contributed by atoms with Gasteiger partial charge in [-0.1, -0.05) is 13.8 Å². The molecule has 0 bridgehead atoms. The number of hydrogen-bond donors (Lipinski definition) is 1. The summed E-state index contributed by atoms with van der Waals surface area (Å²) >= 11 is 2.10. The highest BCUT2D eigenvalue weighted by Gasteiger charge is 2.36. The maximum absolute atomic E-state index is 5.82. The number of hydrogen-bond acceptors (Lipinski definition) is 4. The van der Waals surface area contributed by atoms with Gasteiger partial charge >= 0.3 is 0 Å². The van der Waals surface area contributed by atoms with Crippen LogP contribution in [0.3, 0.4) is 0 Å². The van der Waals surface area contributed by atoms with Crippen LogP contribution in [0, 0.1) is 5.41 Å². The van der Waals surface area contributed by atoms with Gasteiger partial charge in [-0.3, -0.25) is 4.90 Å². The van der Waals surface area contributed by atoms with Crippen LogP contribution in [0.2, 0.25) is 0 Å². The second-order valence-corrected chi connectivity index (χ2v) is 7.74. The first-order chi connectivity index (χ1) is 9.11. The summed E-state index contributed by atoms with van der Waals surface area (Å²) in [6.07, 6.45) is 2.53. The molecule has 0 aromatic rings. The number of nitrogens with zero attached hydrogens (tertiary/aromatic N) is 1. The Morgan fingerprint density at radius 3 is 2.95 bits per heavy atom. The van der Waals surface area contributed by atoms with Gasteiger partial charge in [0.2, 0.25) is 0 Å². The maximum Gasteiger partial charge on any atom is 0.0546 e. The van der Waals surface area contributed by atoms with Crippen LogP contribution in [-0.4, -0.2) is 61.3 Å². The Balaban J connectivity index is 1.95. The molecular formula is C15H30N2OS. The van der Waals surface area contributed by atoms with Crippen LogP contribution in [-0.2, 0) is 4.74 Å². The molecule has 112 valence electrons. The quantitative estimate of drug-likeness (QED) is 0.837. The summed E-state index contributed by atoms with van der Waals surface area (Å²) in [7, 11) is 0. The van der Waals surface area contributed by atoms with Crippen LogP contribution in [0.5, 0.6) is 0 Å². The van der Waals surface area contributed by atoms with Crippen LogP contribution in [0.15, 0.2) is 0 Å². The van der Waals surface area contributed by atoms with Gasteiger partial charge in [0.15, 0.2) is 0 Å². The predicted molar refractivity (Wildman–Crippen MR) is 84.0 cm³/mol. The number of thioether (sulfide) groups is 1. The SMILES string of the molecule is CC(C)NCC1(CN2CCSCC2C)CCCOC1. The minimum atomic E-state index is 0.332. The highest BCUT2D eigenvalue weighted by atomic mass is 32.2. The molecule has 2 heterocycles. The van der Waals surface area contributed by atoms with Crippen molar-refractivity contribution in [2.45, 2.75) is 45.7 Å². The lowest BCUT2D eigenvalue weighted by atomic mass is 9.81. The standard InChI is InChI=1S/C15H30N2OS/c1-13(2)16-10-15(5-4-7-18-12-15)11-17-6-8-19-9-14(17)3/h13-14,16H,4-12H2,1-3H3. The molecule has 0 spiro atoms. The molecule has 0 radical (unpaired) electrons. The van der Waals surface area contributed by atoms with Crippen LogP contribution in [0.4, 0.5) is 0 Å². The molecule has 19 heavy (non-hydrogen) atoms. The van der Waals surface area contributed by atoms with Crippen molar-refractivity contribution in [3.8, 4) is 0 Å². The Morgan fingerprint density at radius 1 is 1.47 bits per heavy atom. The van der Waals surface area contributed by atoms with Crippen molar-refractivity contribution in [3.63, 3.8) is 0 Å². The first kappa shape index (κ1) is 15.6. The van der Waals surface area contributed by atoms with Gasteiger partial charge in [0.25, 0.3) is 0 Å². The van der Waals surface area contributed by atoms with Gasteiger partial charge in [-0.25, -0.2) is 0 Å². The van der Waals surface area contributed by atoms with Gasteiger partial charge in [0, 0.05) is 55.2 Å². The zero-order valence-corrected chi connectivity index (χ0v) is 13.6. The van der Waals surface area contributed by atoms with Crippen LogP contribution in [0.1, 0.15) is 33.6 Å². The second-order valence-electron chi connectivity index (χ2n) is 6.59. The summed E-state index contributed by atoms with van der Waals surface area (Å²) in [5.41, 5.74) is 0.332. The number of ether oxygens (including phenoxy) is 1. The van der Waals surface area contributed by atoms with E-state index in [4.69, 9.17) is 4.74 Å². The summed E-state index contributed by atoms with van der Waals surface area (Å²) < 4.78 is 5.82. The molecule has 1 N–H and O–H groups in total. The fourth-order valence-corrected chi connectivity index (χ4v) is 4.16. The summed E-state index contributed by atoms with van der Waals surface area (Å²) in [5, 5.41) is 3.65. The van der Waals surface area contributed by atoms with Crippen LogP contribution in [0.25, 0.3) is 0 Å². The monoisotopic (exact) mass is 286 g/mol. The zero-order valence-electron chi connectivity index (χ0n) is 12.8. The Bertz CT molecular complexity index is 267. The number of nitrogens with one attached hydrogen (secondary N) is 1. The van der Waals surface area contributed by atoms with Crippen molar-refractivity contribution >= 4 is 11.8 Å². The van der Waals surface area contributed by atoms with E-state index in [0.29, 0.717) is 11.5 Å². The molecule has 2 aliphatic rings. The van der Waals surface area contributed by atoms with Crippen LogP contribution < -0.4 is 5.32 Å². The lowest BCUT2D eigenvalue weighted by Gasteiger charge is -2.44. The summed E-state index contributed by atoms with van der Waals surface area (Å²) in [6, 6.07) is 1.28. The molecular weight excluding hydrogens is 256 g/mol. The van der Waals surface area contributed by atoms with E-state index >= 15 is 0 Å². The number of rotatable bonds is 5.